The van der Waals surface area contributed by atoms with Gasteiger partial charge >= 0.3 is 6.30 Å². The molecule has 22 heavy (non-hydrogen) atoms. The molecule has 1 saturated heterocycles. The maximum atomic E-state index is 12.5. The molecule has 0 N–H and O–H groups in total. The molecule has 0 saturated carbocycles. The molecular formula is C12H11ClF3N3O3. The summed E-state index contributed by atoms with van der Waals surface area (Å²) in [5, 5.41) is 10.7. The summed E-state index contributed by atoms with van der Waals surface area (Å²) in [5.41, 5.74) is -0.391. The van der Waals surface area contributed by atoms with Crippen molar-refractivity contribution in [3.8, 4) is 0 Å². The summed E-state index contributed by atoms with van der Waals surface area (Å²) < 4.78 is 37.6. The molecule has 10 heteroatoms. The first-order valence-electron chi connectivity index (χ1n) is 6.25. The first kappa shape index (κ1) is 16.5. The highest BCUT2D eigenvalue weighted by molar-refractivity contribution is 6.33. The highest BCUT2D eigenvalue weighted by atomic mass is 35.5. The molecule has 1 heterocycles. The van der Waals surface area contributed by atoms with E-state index in [0.29, 0.717) is 4.90 Å². The van der Waals surface area contributed by atoms with Crippen LogP contribution in [0.25, 0.3) is 0 Å². The van der Waals surface area contributed by atoms with Crippen molar-refractivity contribution in [2.75, 3.05) is 26.2 Å². The van der Waals surface area contributed by atoms with Crippen molar-refractivity contribution in [3.63, 3.8) is 0 Å². The Balaban J connectivity index is 2.13. The standard InChI is InChI=1S/C12H11ClF3N3O3/c13-10-2-1-8(19(21)22)7-9(10)11(20)17-3-5-18(6-4-17)12(14,15)16/h1-2,7H,3-6H2. The largest absolute Gasteiger partial charge is 0.460 e. The minimum atomic E-state index is -4.43. The van der Waals surface area contributed by atoms with Crippen molar-refractivity contribution in [2.45, 2.75) is 6.30 Å². The van der Waals surface area contributed by atoms with Crippen LogP contribution >= 0.6 is 11.6 Å². The summed E-state index contributed by atoms with van der Waals surface area (Å²) in [6.45, 7) is -0.946. The normalized spacial score (nSPS) is 16.6. The third kappa shape index (κ3) is 3.47. The van der Waals surface area contributed by atoms with Gasteiger partial charge in [0.05, 0.1) is 15.5 Å². The Morgan fingerprint density at radius 1 is 1.23 bits per heavy atom. The molecule has 1 aromatic carbocycles. The molecule has 0 aromatic heterocycles. The van der Waals surface area contributed by atoms with Gasteiger partial charge in [0, 0.05) is 38.3 Å². The van der Waals surface area contributed by atoms with Crippen molar-refractivity contribution in [3.05, 3.63) is 38.9 Å². The van der Waals surface area contributed by atoms with E-state index in [-0.39, 0.29) is 42.5 Å². The molecule has 6 nitrogen and oxygen atoms in total. The molecule has 1 fully saturated rings. The van der Waals surface area contributed by atoms with E-state index in [0.717, 1.165) is 12.1 Å². The Hall–Kier alpha value is -1.87. The van der Waals surface area contributed by atoms with Gasteiger partial charge < -0.3 is 4.90 Å². The van der Waals surface area contributed by atoms with Gasteiger partial charge in [-0.3, -0.25) is 14.9 Å². The SMILES string of the molecule is O=C(c1cc([N+](=O)[O-])ccc1Cl)N1CCN(C(F)(F)F)CC1. The topological polar surface area (TPSA) is 66.7 Å². The number of halogens is 4. The molecule has 1 amide bonds. The summed E-state index contributed by atoms with van der Waals surface area (Å²) in [7, 11) is 0. The van der Waals surface area contributed by atoms with E-state index in [1.54, 1.807) is 0 Å². The van der Waals surface area contributed by atoms with E-state index in [1.165, 1.54) is 11.0 Å². The van der Waals surface area contributed by atoms with Crippen LogP contribution in [0, 0.1) is 10.1 Å². The third-order valence-electron chi connectivity index (χ3n) is 3.32. The molecule has 120 valence electrons. The Morgan fingerprint density at radius 2 is 1.82 bits per heavy atom. The fourth-order valence-corrected chi connectivity index (χ4v) is 2.32. The number of nitro groups is 1. The molecule has 1 aromatic rings. The lowest BCUT2D eigenvalue weighted by atomic mass is 10.1. The number of amides is 1. The van der Waals surface area contributed by atoms with Gasteiger partial charge in [0.25, 0.3) is 11.6 Å². The van der Waals surface area contributed by atoms with E-state index in [9.17, 15) is 28.1 Å². The van der Waals surface area contributed by atoms with Gasteiger partial charge in [-0.2, -0.15) is 13.2 Å². The average Bonchev–Trinajstić information content (AvgIpc) is 2.46. The van der Waals surface area contributed by atoms with Crippen LogP contribution in [-0.4, -0.2) is 53.1 Å². The first-order valence-corrected chi connectivity index (χ1v) is 6.63. The van der Waals surface area contributed by atoms with Crippen molar-refractivity contribution in [1.29, 1.82) is 0 Å². The zero-order valence-electron chi connectivity index (χ0n) is 11.1. The van der Waals surface area contributed by atoms with E-state index >= 15 is 0 Å². The number of benzene rings is 1. The van der Waals surface area contributed by atoms with Gasteiger partial charge in [-0.05, 0) is 6.07 Å². The lowest BCUT2D eigenvalue weighted by molar-refractivity contribution is -0.384. The minimum Gasteiger partial charge on any atom is -0.336 e. The molecule has 2 rings (SSSR count). The third-order valence-corrected chi connectivity index (χ3v) is 3.65. The number of nitrogens with zero attached hydrogens (tertiary/aromatic N) is 3. The Labute approximate surface area is 128 Å². The summed E-state index contributed by atoms with van der Waals surface area (Å²) >= 11 is 5.86. The number of carbonyl (C=O) groups excluding carboxylic acids is 1. The number of hydrogen-bond acceptors (Lipinski definition) is 4. The fourth-order valence-electron chi connectivity index (χ4n) is 2.12. The van der Waals surface area contributed by atoms with Gasteiger partial charge in [-0.1, -0.05) is 11.6 Å². The molecule has 0 atom stereocenters. The lowest BCUT2D eigenvalue weighted by Gasteiger charge is -2.35. The van der Waals surface area contributed by atoms with Crippen molar-refractivity contribution in [2.24, 2.45) is 0 Å². The molecule has 1 aliphatic heterocycles. The lowest BCUT2D eigenvalue weighted by Crippen LogP contribution is -2.53. The zero-order chi connectivity index (χ0) is 16.5. The highest BCUT2D eigenvalue weighted by Gasteiger charge is 2.39. The van der Waals surface area contributed by atoms with Crippen molar-refractivity contribution in [1.82, 2.24) is 9.80 Å². The Kier molecular flexibility index (Phi) is 4.57. The average molecular weight is 338 g/mol. The van der Waals surface area contributed by atoms with Gasteiger partial charge in [-0.25, -0.2) is 4.90 Å². The van der Waals surface area contributed by atoms with Gasteiger partial charge in [0.15, 0.2) is 0 Å². The molecular weight excluding hydrogens is 327 g/mol. The maximum Gasteiger partial charge on any atom is 0.460 e. The summed E-state index contributed by atoms with van der Waals surface area (Å²) in [6.07, 6.45) is -4.43. The number of carbonyl (C=O) groups is 1. The molecule has 0 aliphatic carbocycles. The predicted octanol–water partition coefficient (Wildman–Crippen LogP) is 2.53. The van der Waals surface area contributed by atoms with E-state index in [2.05, 4.69) is 0 Å². The fraction of sp³-hybridized carbons (Fsp3) is 0.417. The molecule has 0 radical (unpaired) electrons. The number of piperazine rings is 1. The summed E-state index contributed by atoms with van der Waals surface area (Å²) in [5.74, 6) is -0.615. The smallest absolute Gasteiger partial charge is 0.336 e. The van der Waals surface area contributed by atoms with Crippen LogP contribution < -0.4 is 0 Å². The molecule has 0 bridgehead atoms. The van der Waals surface area contributed by atoms with Gasteiger partial charge in [-0.15, -0.1) is 0 Å². The second-order valence-electron chi connectivity index (χ2n) is 4.67. The quantitative estimate of drug-likeness (QED) is 0.472. The zero-order valence-corrected chi connectivity index (χ0v) is 11.9. The Morgan fingerprint density at radius 3 is 2.32 bits per heavy atom. The summed E-state index contributed by atoms with van der Waals surface area (Å²) in [6, 6.07) is 3.40. The first-order chi connectivity index (χ1) is 10.2. The number of alkyl halides is 3. The van der Waals surface area contributed by atoms with Gasteiger partial charge in [0.2, 0.25) is 0 Å². The molecule has 0 spiro atoms. The van der Waals surface area contributed by atoms with E-state index < -0.39 is 17.1 Å². The predicted molar refractivity (Wildman–Crippen MR) is 71.6 cm³/mol. The summed E-state index contributed by atoms with van der Waals surface area (Å²) in [4.78, 5) is 23.8. The van der Waals surface area contributed by atoms with Crippen LogP contribution in [0.1, 0.15) is 10.4 Å². The molecule has 1 aliphatic rings. The van der Waals surface area contributed by atoms with Crippen LogP contribution in [0.5, 0.6) is 0 Å². The highest BCUT2D eigenvalue weighted by Crippen LogP contribution is 2.26. The minimum absolute atomic E-state index is 0.0221. The Bertz CT molecular complexity index is 601. The van der Waals surface area contributed by atoms with Crippen LogP contribution in [0.4, 0.5) is 18.9 Å². The van der Waals surface area contributed by atoms with Crippen LogP contribution in [0.3, 0.4) is 0 Å². The van der Waals surface area contributed by atoms with Crippen LogP contribution in [0.15, 0.2) is 18.2 Å². The maximum absolute atomic E-state index is 12.5. The second-order valence-corrected chi connectivity index (χ2v) is 5.08. The van der Waals surface area contributed by atoms with Crippen molar-refractivity contribution < 1.29 is 22.9 Å². The van der Waals surface area contributed by atoms with Crippen LogP contribution in [-0.2, 0) is 0 Å². The van der Waals surface area contributed by atoms with Crippen LogP contribution in [0.2, 0.25) is 5.02 Å². The number of hydrogen-bond donors (Lipinski definition) is 0. The number of nitro benzene ring substituents is 1. The molecule has 0 unspecified atom stereocenters. The number of non-ortho nitro benzene ring substituents is 1. The monoisotopic (exact) mass is 337 g/mol. The van der Waals surface area contributed by atoms with E-state index in [1.807, 2.05) is 0 Å². The van der Waals surface area contributed by atoms with Gasteiger partial charge in [0.1, 0.15) is 0 Å². The number of rotatable bonds is 2. The van der Waals surface area contributed by atoms with E-state index in [4.69, 9.17) is 11.6 Å². The van der Waals surface area contributed by atoms with Crippen molar-refractivity contribution >= 4 is 23.2 Å². The second kappa shape index (κ2) is 6.09.